The monoisotopic (exact) mass is 1730 g/mol. The van der Waals surface area contributed by atoms with Crippen LogP contribution in [0, 0.1) is 0 Å². The van der Waals surface area contributed by atoms with Gasteiger partial charge in [0.1, 0.15) is 0 Å². The van der Waals surface area contributed by atoms with Crippen LogP contribution < -0.4 is 0 Å². The van der Waals surface area contributed by atoms with Gasteiger partial charge in [0.05, 0.1) is 55.5 Å². The Balaban J connectivity index is 0.000000145. The fourth-order valence-corrected chi connectivity index (χ4v) is 19.9. The SMILES string of the molecule is c1ccc(-c2ccc3c(c2)c2cc(-c4ccc5c(c4)c4cc(-c6ccccc6)ccc4n5-c4cccc(-c5nc(-c6ccccc6)cc(-c6ccccc6)n5)c4)ccc2n3-c2ccccc2)cc1.c1ccc(-c2ccc3c(c2)c2cc(-c4ccc5c(c4)c4cc(-c6ccccc6)ccc4n5-c4cccc(-c5nc(-c6ccccc6)nc(-c6ccccc6)n5)c4)ccc2n3-c2ccccc2)cc1. The summed E-state index contributed by atoms with van der Waals surface area (Å²) in [5.74, 6) is 2.57. The molecule has 0 radical (unpaired) electrons. The fourth-order valence-electron chi connectivity index (χ4n) is 19.9. The molecule has 0 amide bonds. The van der Waals surface area contributed by atoms with E-state index in [-0.39, 0.29) is 0 Å². The predicted molar refractivity (Wildman–Crippen MR) is 564 cm³/mol. The van der Waals surface area contributed by atoms with Crippen LogP contribution in [0.3, 0.4) is 0 Å². The van der Waals surface area contributed by atoms with Gasteiger partial charge in [-0.15, -0.1) is 0 Å². The smallest absolute Gasteiger partial charge is 0.164 e. The second kappa shape index (κ2) is 34.2. The van der Waals surface area contributed by atoms with Crippen molar-refractivity contribution in [1.29, 1.82) is 0 Å². The molecule has 0 aliphatic heterocycles. The number of benzene rings is 20. The van der Waals surface area contributed by atoms with E-state index in [9.17, 15) is 0 Å². The summed E-state index contributed by atoms with van der Waals surface area (Å²) >= 11 is 0. The van der Waals surface area contributed by atoms with Gasteiger partial charge in [-0.05, 0) is 218 Å². The zero-order valence-corrected chi connectivity index (χ0v) is 73.9. The molecular weight excluding hydrogens is 1650 g/mol. The molecule has 0 N–H and O–H groups in total. The van der Waals surface area contributed by atoms with Crippen LogP contribution in [-0.4, -0.2) is 43.2 Å². The predicted octanol–water partition coefficient (Wildman–Crippen LogP) is 32.7. The molecule has 0 spiro atoms. The van der Waals surface area contributed by atoms with Gasteiger partial charge in [-0.1, -0.05) is 352 Å². The maximum atomic E-state index is 5.19. The molecule has 0 saturated carbocycles. The molecule has 0 atom stereocenters. The van der Waals surface area contributed by atoms with Crippen molar-refractivity contribution in [3.05, 3.63) is 504 Å². The van der Waals surface area contributed by atoms with E-state index in [2.05, 4.69) is 449 Å². The molecule has 20 aromatic carbocycles. The van der Waals surface area contributed by atoms with Crippen molar-refractivity contribution in [3.8, 4) is 158 Å². The Labute approximate surface area is 786 Å². The average molecular weight is 1740 g/mol. The highest BCUT2D eigenvalue weighted by atomic mass is 15.0. The van der Waals surface area contributed by atoms with Gasteiger partial charge in [-0.2, -0.15) is 0 Å². The van der Waals surface area contributed by atoms with E-state index in [0.29, 0.717) is 23.3 Å². The van der Waals surface area contributed by atoms with Crippen LogP contribution in [0.15, 0.2) is 504 Å². The first-order chi connectivity index (χ1) is 67.4. The highest BCUT2D eigenvalue weighted by molar-refractivity contribution is 6.17. The van der Waals surface area contributed by atoms with Gasteiger partial charge >= 0.3 is 0 Å². The summed E-state index contributed by atoms with van der Waals surface area (Å²) in [7, 11) is 0. The van der Waals surface area contributed by atoms with E-state index in [1.165, 1.54) is 115 Å². The molecule has 0 bridgehead atoms. The van der Waals surface area contributed by atoms with Crippen LogP contribution in [0.2, 0.25) is 0 Å². The van der Waals surface area contributed by atoms with Crippen LogP contribution >= 0.6 is 0 Å². The van der Waals surface area contributed by atoms with Crippen molar-refractivity contribution in [2.24, 2.45) is 0 Å². The van der Waals surface area contributed by atoms with Crippen molar-refractivity contribution >= 4 is 87.2 Å². The lowest BCUT2D eigenvalue weighted by Crippen LogP contribution is -2.01. The second-order valence-corrected chi connectivity index (χ2v) is 34.7. The van der Waals surface area contributed by atoms with E-state index in [1.54, 1.807) is 0 Å². The minimum atomic E-state index is 0.619. The van der Waals surface area contributed by atoms with Crippen LogP contribution in [0.25, 0.3) is 245 Å². The maximum absolute atomic E-state index is 5.19. The van der Waals surface area contributed by atoms with Gasteiger partial charge < -0.3 is 18.3 Å². The Morgan fingerprint density at radius 1 is 0.110 bits per heavy atom. The molecule has 0 aliphatic carbocycles. The van der Waals surface area contributed by atoms with Gasteiger partial charge in [0, 0.05) is 99.2 Å². The molecule has 136 heavy (non-hydrogen) atoms. The van der Waals surface area contributed by atoms with E-state index in [4.69, 9.17) is 24.9 Å². The minimum absolute atomic E-state index is 0.619. The Morgan fingerprint density at radius 3 is 0.529 bits per heavy atom. The first kappa shape index (κ1) is 79.8. The maximum Gasteiger partial charge on any atom is 0.164 e. The number of hydrogen-bond donors (Lipinski definition) is 0. The molecule has 0 saturated heterocycles. The zero-order chi connectivity index (χ0) is 89.9. The number of nitrogens with zero attached hydrogens (tertiary/aromatic N) is 9. The van der Waals surface area contributed by atoms with Crippen LogP contribution in [0.1, 0.15) is 0 Å². The molecule has 9 nitrogen and oxygen atoms in total. The summed E-state index contributed by atoms with van der Waals surface area (Å²) in [6.07, 6.45) is 0. The van der Waals surface area contributed by atoms with E-state index < -0.39 is 0 Å². The molecule has 0 unspecified atom stereocenters. The molecule has 0 aliphatic rings. The Morgan fingerprint density at radius 2 is 0.287 bits per heavy atom. The van der Waals surface area contributed by atoms with Crippen molar-refractivity contribution in [1.82, 2.24) is 43.2 Å². The third kappa shape index (κ3) is 14.7. The summed E-state index contributed by atoms with van der Waals surface area (Å²) in [6.45, 7) is 0. The Bertz CT molecular complexity index is 8390. The average Bonchev–Trinajstić information content (AvgIpc) is 1.57. The molecule has 26 aromatic rings. The summed E-state index contributed by atoms with van der Waals surface area (Å²) in [6, 6.07) is 180. The van der Waals surface area contributed by atoms with Gasteiger partial charge in [0.15, 0.2) is 23.3 Å². The molecule has 6 heterocycles. The topological polar surface area (TPSA) is 84.2 Å². The quantitative estimate of drug-likeness (QED) is 0.0962. The van der Waals surface area contributed by atoms with Crippen molar-refractivity contribution in [2.45, 2.75) is 0 Å². The lowest BCUT2D eigenvalue weighted by atomic mass is 9.98. The summed E-state index contributed by atoms with van der Waals surface area (Å²) in [4.78, 5) is 25.5. The molecule has 26 rings (SSSR count). The Kier molecular flexibility index (Phi) is 20.1. The van der Waals surface area contributed by atoms with E-state index in [1.807, 2.05) is 72.8 Å². The number of hydrogen-bond acceptors (Lipinski definition) is 5. The van der Waals surface area contributed by atoms with E-state index >= 15 is 0 Å². The standard InChI is InChI=1S/C64H42N4.C63H41N5/c1-6-17-43(18-7-1)47-29-33-60-54(38-47)56-40-49(31-35-61(56)67(60)52-26-14-5-15-27-52)50-32-36-63-57(41-50)55-39-48(44-19-8-2-9-20-44)30-34-62(55)68(63)53-28-16-25-51(37-53)64-65-58(45-21-10-3-11-22-45)42-59(66-64)46-23-12-4-13-24-46;1-6-17-42(18-7-1)46-29-33-57-53(38-46)55-40-48(31-35-58(55)67(57)51-26-14-5-15-27-51)49-32-36-60-56(41-49)54-39-47(43-19-8-2-9-20-43)30-34-59(54)68(60)52-28-16-25-50(37-52)63-65-61(44-21-10-3-11-22-44)64-62(66-63)45-23-12-4-13-24-45/h1-42H;1-41H. The lowest BCUT2D eigenvalue weighted by molar-refractivity contribution is 1.07. The number of aromatic nitrogens is 9. The number of rotatable bonds is 16. The van der Waals surface area contributed by atoms with Crippen molar-refractivity contribution < 1.29 is 0 Å². The van der Waals surface area contributed by atoms with E-state index in [0.717, 1.165) is 106 Å². The lowest BCUT2D eigenvalue weighted by Gasteiger charge is -2.12. The number of para-hydroxylation sites is 2. The minimum Gasteiger partial charge on any atom is -0.309 e. The third-order valence-corrected chi connectivity index (χ3v) is 26.5. The molecular formula is C127H83N9. The van der Waals surface area contributed by atoms with Crippen LogP contribution in [0.4, 0.5) is 0 Å². The highest BCUT2D eigenvalue weighted by Gasteiger charge is 2.24. The normalized spacial score (nSPS) is 11.5. The first-order valence-electron chi connectivity index (χ1n) is 46.2. The van der Waals surface area contributed by atoms with Gasteiger partial charge in [0.25, 0.3) is 0 Å². The van der Waals surface area contributed by atoms with Crippen LogP contribution in [-0.2, 0) is 0 Å². The van der Waals surface area contributed by atoms with Gasteiger partial charge in [-0.3, -0.25) is 0 Å². The molecule has 6 aromatic heterocycles. The summed E-state index contributed by atoms with van der Waals surface area (Å²) < 4.78 is 9.56. The highest BCUT2D eigenvalue weighted by Crippen LogP contribution is 2.46. The zero-order valence-electron chi connectivity index (χ0n) is 73.9. The van der Waals surface area contributed by atoms with Gasteiger partial charge in [-0.25, -0.2) is 24.9 Å². The third-order valence-electron chi connectivity index (χ3n) is 26.5. The second-order valence-electron chi connectivity index (χ2n) is 34.7. The largest absolute Gasteiger partial charge is 0.309 e. The van der Waals surface area contributed by atoms with Crippen molar-refractivity contribution in [3.63, 3.8) is 0 Å². The fraction of sp³-hybridized carbons (Fsp3) is 0. The van der Waals surface area contributed by atoms with Crippen LogP contribution in [0.5, 0.6) is 0 Å². The Hall–Kier alpha value is -18.3. The molecule has 9 heteroatoms. The number of fused-ring (bicyclic) bond motifs is 12. The molecule has 636 valence electrons. The van der Waals surface area contributed by atoms with Crippen molar-refractivity contribution in [2.75, 3.05) is 0 Å². The molecule has 0 fully saturated rings. The first-order valence-corrected chi connectivity index (χ1v) is 46.2. The summed E-state index contributed by atoms with van der Waals surface area (Å²) in [5.41, 5.74) is 35.4. The van der Waals surface area contributed by atoms with Gasteiger partial charge in [0.2, 0.25) is 0 Å². The summed E-state index contributed by atoms with van der Waals surface area (Å²) in [5, 5.41) is 9.63.